The lowest BCUT2D eigenvalue weighted by Crippen LogP contribution is -2.43. The molecule has 6 heteroatoms. The molecule has 1 saturated heterocycles. The van der Waals surface area contributed by atoms with Crippen molar-refractivity contribution in [1.82, 2.24) is 5.43 Å². The summed E-state index contributed by atoms with van der Waals surface area (Å²) in [6.45, 7) is 0.683. The highest BCUT2D eigenvalue weighted by atomic mass is 19.4. The Kier molecular flexibility index (Phi) is 4.82. The van der Waals surface area contributed by atoms with Crippen LogP contribution in [0, 0.1) is 0 Å². The number of hydrogen-bond acceptors (Lipinski definition) is 3. The number of ether oxygens (including phenoxy) is 1. The van der Waals surface area contributed by atoms with E-state index in [0.717, 1.165) is 12.8 Å². The van der Waals surface area contributed by atoms with Gasteiger partial charge in [0.25, 0.3) is 0 Å². The van der Waals surface area contributed by atoms with Crippen LogP contribution in [0.25, 0.3) is 0 Å². The Morgan fingerprint density at radius 3 is 2.67 bits per heavy atom. The SMILES string of the molecule is NNC(CCCC(F)(F)F)C1CCCO1. The summed E-state index contributed by atoms with van der Waals surface area (Å²) in [5, 5.41) is 0. The number of rotatable bonds is 5. The number of halogens is 3. The Bertz CT molecular complexity index is 181. The topological polar surface area (TPSA) is 47.3 Å². The van der Waals surface area contributed by atoms with Gasteiger partial charge in [0.15, 0.2) is 0 Å². The summed E-state index contributed by atoms with van der Waals surface area (Å²) in [6.07, 6.45) is -2.52. The molecular weight excluding hydrogens is 209 g/mol. The van der Waals surface area contributed by atoms with E-state index in [9.17, 15) is 13.2 Å². The van der Waals surface area contributed by atoms with Gasteiger partial charge >= 0.3 is 6.18 Å². The molecule has 1 heterocycles. The average Bonchev–Trinajstić information content (AvgIpc) is 2.63. The largest absolute Gasteiger partial charge is 0.389 e. The first-order valence-corrected chi connectivity index (χ1v) is 5.17. The van der Waals surface area contributed by atoms with Gasteiger partial charge in [0, 0.05) is 19.1 Å². The third-order valence-electron chi connectivity index (χ3n) is 2.60. The molecule has 0 aromatic heterocycles. The molecule has 0 spiro atoms. The van der Waals surface area contributed by atoms with Crippen LogP contribution < -0.4 is 11.3 Å². The van der Waals surface area contributed by atoms with Gasteiger partial charge < -0.3 is 4.74 Å². The first kappa shape index (κ1) is 12.7. The molecule has 3 N–H and O–H groups in total. The van der Waals surface area contributed by atoms with Crippen LogP contribution in [0.3, 0.4) is 0 Å². The van der Waals surface area contributed by atoms with E-state index in [4.69, 9.17) is 10.6 Å². The molecule has 1 aliphatic rings. The molecule has 15 heavy (non-hydrogen) atoms. The van der Waals surface area contributed by atoms with E-state index < -0.39 is 12.6 Å². The van der Waals surface area contributed by atoms with Gasteiger partial charge in [0.1, 0.15) is 0 Å². The summed E-state index contributed by atoms with van der Waals surface area (Å²) in [5.41, 5.74) is 2.54. The molecule has 0 bridgehead atoms. The maximum Gasteiger partial charge on any atom is 0.389 e. The second-order valence-electron chi connectivity index (χ2n) is 3.83. The van der Waals surface area contributed by atoms with Gasteiger partial charge in [-0.05, 0) is 25.7 Å². The maximum atomic E-state index is 11.9. The van der Waals surface area contributed by atoms with Crippen molar-refractivity contribution in [3.8, 4) is 0 Å². The second-order valence-corrected chi connectivity index (χ2v) is 3.83. The van der Waals surface area contributed by atoms with E-state index in [-0.39, 0.29) is 18.6 Å². The van der Waals surface area contributed by atoms with Gasteiger partial charge in [-0.2, -0.15) is 13.2 Å². The van der Waals surface area contributed by atoms with E-state index in [1.54, 1.807) is 0 Å². The van der Waals surface area contributed by atoms with Crippen LogP contribution in [-0.4, -0.2) is 24.9 Å². The first-order chi connectivity index (χ1) is 7.03. The third-order valence-corrected chi connectivity index (χ3v) is 2.60. The van der Waals surface area contributed by atoms with Crippen LogP contribution in [-0.2, 0) is 4.74 Å². The van der Waals surface area contributed by atoms with Crippen molar-refractivity contribution in [1.29, 1.82) is 0 Å². The molecule has 0 aromatic rings. The summed E-state index contributed by atoms with van der Waals surface area (Å²) in [7, 11) is 0. The van der Waals surface area contributed by atoms with Crippen LogP contribution in [0.15, 0.2) is 0 Å². The van der Waals surface area contributed by atoms with Crippen LogP contribution in [0.2, 0.25) is 0 Å². The first-order valence-electron chi connectivity index (χ1n) is 5.17. The van der Waals surface area contributed by atoms with Gasteiger partial charge in [0.2, 0.25) is 0 Å². The number of hydrogen-bond donors (Lipinski definition) is 2. The summed E-state index contributed by atoms with van der Waals surface area (Å²) < 4.78 is 41.1. The maximum absolute atomic E-state index is 11.9. The minimum absolute atomic E-state index is 0.0248. The summed E-state index contributed by atoms with van der Waals surface area (Å²) in [4.78, 5) is 0. The van der Waals surface area contributed by atoms with Crippen LogP contribution >= 0.6 is 0 Å². The van der Waals surface area contributed by atoms with Crippen molar-refractivity contribution < 1.29 is 17.9 Å². The quantitative estimate of drug-likeness (QED) is 0.554. The molecule has 1 rings (SSSR count). The number of nitrogens with two attached hydrogens (primary N) is 1. The van der Waals surface area contributed by atoms with E-state index in [0.29, 0.717) is 13.0 Å². The normalized spacial score (nSPS) is 24.4. The van der Waals surface area contributed by atoms with Crippen molar-refractivity contribution in [2.45, 2.75) is 50.4 Å². The van der Waals surface area contributed by atoms with Gasteiger partial charge in [-0.25, -0.2) is 0 Å². The minimum Gasteiger partial charge on any atom is -0.377 e. The average molecular weight is 226 g/mol. The van der Waals surface area contributed by atoms with Crippen molar-refractivity contribution in [2.75, 3.05) is 6.61 Å². The molecule has 2 unspecified atom stereocenters. The fraction of sp³-hybridized carbons (Fsp3) is 1.00. The molecule has 1 fully saturated rings. The Morgan fingerprint density at radius 1 is 1.47 bits per heavy atom. The monoisotopic (exact) mass is 226 g/mol. The van der Waals surface area contributed by atoms with Crippen molar-refractivity contribution in [2.24, 2.45) is 5.84 Å². The van der Waals surface area contributed by atoms with Crippen molar-refractivity contribution in [3.63, 3.8) is 0 Å². The zero-order valence-corrected chi connectivity index (χ0v) is 8.52. The molecule has 3 nitrogen and oxygen atoms in total. The predicted octanol–water partition coefficient (Wildman–Crippen LogP) is 1.73. The fourth-order valence-electron chi connectivity index (χ4n) is 1.82. The Morgan fingerprint density at radius 2 is 2.20 bits per heavy atom. The molecule has 0 aromatic carbocycles. The zero-order valence-electron chi connectivity index (χ0n) is 8.52. The zero-order chi connectivity index (χ0) is 11.3. The third kappa shape index (κ3) is 4.81. The molecular formula is C9H17F3N2O. The second kappa shape index (κ2) is 5.67. The molecule has 0 saturated carbocycles. The van der Waals surface area contributed by atoms with Crippen LogP contribution in [0.5, 0.6) is 0 Å². The molecule has 90 valence electrons. The van der Waals surface area contributed by atoms with Gasteiger partial charge in [-0.1, -0.05) is 0 Å². The molecule has 0 radical (unpaired) electrons. The Labute approximate surface area is 87.1 Å². The van der Waals surface area contributed by atoms with Gasteiger partial charge in [-0.3, -0.25) is 11.3 Å². The molecule has 1 aliphatic heterocycles. The van der Waals surface area contributed by atoms with E-state index in [1.807, 2.05) is 0 Å². The highest BCUT2D eigenvalue weighted by molar-refractivity contribution is 4.78. The smallest absolute Gasteiger partial charge is 0.377 e. The van der Waals surface area contributed by atoms with Crippen molar-refractivity contribution >= 4 is 0 Å². The van der Waals surface area contributed by atoms with E-state index in [2.05, 4.69) is 5.43 Å². The van der Waals surface area contributed by atoms with Crippen LogP contribution in [0.1, 0.15) is 32.1 Å². The minimum atomic E-state index is -4.07. The lowest BCUT2D eigenvalue weighted by atomic mass is 10.0. The molecule has 2 atom stereocenters. The summed E-state index contributed by atoms with van der Waals surface area (Å²) in [5.74, 6) is 5.29. The number of alkyl halides is 3. The standard InChI is InChI=1S/C9H17F3N2O/c10-9(11,12)5-1-3-7(14-13)8-4-2-6-15-8/h7-8,14H,1-6,13H2. The number of hydrazine groups is 1. The lowest BCUT2D eigenvalue weighted by Gasteiger charge is -2.22. The van der Waals surface area contributed by atoms with Crippen molar-refractivity contribution in [3.05, 3.63) is 0 Å². The summed E-state index contributed by atoms with van der Waals surface area (Å²) >= 11 is 0. The molecule has 0 aliphatic carbocycles. The van der Waals surface area contributed by atoms with Crippen LogP contribution in [0.4, 0.5) is 13.2 Å². The van der Waals surface area contributed by atoms with E-state index >= 15 is 0 Å². The highest BCUT2D eigenvalue weighted by Gasteiger charge is 2.29. The Hall–Kier alpha value is -0.330. The Balaban J connectivity index is 2.21. The van der Waals surface area contributed by atoms with Gasteiger partial charge in [0.05, 0.1) is 6.10 Å². The fourth-order valence-corrected chi connectivity index (χ4v) is 1.82. The lowest BCUT2D eigenvalue weighted by molar-refractivity contribution is -0.136. The summed E-state index contributed by atoms with van der Waals surface area (Å²) in [6, 6.07) is -0.158. The van der Waals surface area contributed by atoms with Gasteiger partial charge in [-0.15, -0.1) is 0 Å². The predicted molar refractivity (Wildman–Crippen MR) is 50.0 cm³/mol. The molecule has 0 amide bonds. The highest BCUT2D eigenvalue weighted by Crippen LogP contribution is 2.24. The number of nitrogens with one attached hydrogen (secondary N) is 1. The van der Waals surface area contributed by atoms with E-state index in [1.165, 1.54) is 0 Å².